The van der Waals surface area contributed by atoms with Gasteiger partial charge in [0.05, 0.1) is 0 Å². The van der Waals surface area contributed by atoms with Crippen molar-refractivity contribution in [1.82, 2.24) is 0 Å². The average molecular weight is 308 g/mol. The molecule has 0 saturated heterocycles. The lowest BCUT2D eigenvalue weighted by molar-refractivity contribution is 0.481. The molecule has 1 nitrogen and oxygen atoms in total. The minimum absolute atomic E-state index is 0.350. The summed E-state index contributed by atoms with van der Waals surface area (Å²) in [5.74, 6) is 0.350. The van der Waals surface area contributed by atoms with E-state index in [0.717, 1.165) is 23.6 Å². The normalized spacial score (nSPS) is 9.39. The Kier molecular flexibility index (Phi) is 8.52. The van der Waals surface area contributed by atoms with E-state index in [1.54, 1.807) is 6.07 Å². The maximum atomic E-state index is 9.37. The highest BCUT2D eigenvalue weighted by atomic mass is 16.3. The van der Waals surface area contributed by atoms with Gasteiger partial charge < -0.3 is 5.11 Å². The number of aryl methyl sites for hydroxylation is 2. The Labute approximate surface area is 140 Å². The van der Waals surface area contributed by atoms with Crippen molar-refractivity contribution in [3.63, 3.8) is 0 Å². The second kappa shape index (κ2) is 10.4. The van der Waals surface area contributed by atoms with E-state index >= 15 is 0 Å². The number of rotatable bonds is 2. The molecule has 23 heavy (non-hydrogen) atoms. The van der Waals surface area contributed by atoms with Gasteiger partial charge in [-0.3, -0.25) is 0 Å². The van der Waals surface area contributed by atoms with Gasteiger partial charge in [0.1, 0.15) is 5.75 Å². The third-order valence-electron chi connectivity index (χ3n) is 3.61. The highest BCUT2D eigenvalue weighted by molar-refractivity contribution is 5.87. The minimum Gasteiger partial charge on any atom is -0.507 e. The van der Waals surface area contributed by atoms with Gasteiger partial charge in [-0.1, -0.05) is 88.4 Å². The molecule has 0 fully saturated rings. The highest BCUT2D eigenvalue weighted by Crippen LogP contribution is 2.22. The molecule has 3 aromatic carbocycles. The zero-order valence-corrected chi connectivity index (χ0v) is 14.7. The molecular formula is C22H28O. The fourth-order valence-electron chi connectivity index (χ4n) is 2.22. The van der Waals surface area contributed by atoms with Crippen molar-refractivity contribution in [3.05, 3.63) is 77.9 Å². The van der Waals surface area contributed by atoms with E-state index in [0.29, 0.717) is 5.75 Å². The van der Waals surface area contributed by atoms with Crippen LogP contribution in [0.4, 0.5) is 0 Å². The molecule has 0 unspecified atom stereocenters. The van der Waals surface area contributed by atoms with Gasteiger partial charge in [0.2, 0.25) is 0 Å². The molecule has 3 rings (SSSR count). The predicted octanol–water partition coefficient (Wildman–Crippen LogP) is 6.38. The Morgan fingerprint density at radius 3 is 1.61 bits per heavy atom. The van der Waals surface area contributed by atoms with Crippen LogP contribution in [0.25, 0.3) is 10.8 Å². The van der Waals surface area contributed by atoms with Gasteiger partial charge in [-0.25, -0.2) is 0 Å². The van der Waals surface area contributed by atoms with Gasteiger partial charge in [-0.05, 0) is 35.4 Å². The molecule has 0 saturated carbocycles. The average Bonchev–Trinajstić information content (AvgIpc) is 2.64. The fourth-order valence-corrected chi connectivity index (χ4v) is 2.22. The topological polar surface area (TPSA) is 20.2 Å². The van der Waals surface area contributed by atoms with Crippen molar-refractivity contribution in [3.8, 4) is 5.75 Å². The van der Waals surface area contributed by atoms with Gasteiger partial charge in [-0.2, -0.15) is 0 Å². The highest BCUT2D eigenvalue weighted by Gasteiger charge is 1.94. The van der Waals surface area contributed by atoms with Crippen LogP contribution in [-0.2, 0) is 12.8 Å². The van der Waals surface area contributed by atoms with Crippen molar-refractivity contribution in [2.24, 2.45) is 0 Å². The Balaban J connectivity index is 0.000000209. The Hall–Kier alpha value is -2.28. The third-order valence-corrected chi connectivity index (χ3v) is 3.61. The molecule has 122 valence electrons. The molecule has 0 amide bonds. The molecule has 0 aliphatic heterocycles. The summed E-state index contributed by atoms with van der Waals surface area (Å²) in [6.07, 6.45) is 2.29. The van der Waals surface area contributed by atoms with Crippen molar-refractivity contribution in [1.29, 1.82) is 0 Å². The summed E-state index contributed by atoms with van der Waals surface area (Å²) >= 11 is 0. The Morgan fingerprint density at radius 2 is 1.13 bits per heavy atom. The molecule has 0 aliphatic carbocycles. The number of hydrogen-bond acceptors (Lipinski definition) is 1. The summed E-state index contributed by atoms with van der Waals surface area (Å²) in [4.78, 5) is 0. The lowest BCUT2D eigenvalue weighted by Crippen LogP contribution is -1.81. The summed E-state index contributed by atoms with van der Waals surface area (Å²) in [6, 6.07) is 22.1. The van der Waals surface area contributed by atoms with Crippen molar-refractivity contribution in [2.45, 2.75) is 40.5 Å². The third kappa shape index (κ3) is 5.78. The standard InChI is InChI=1S/C10H8O.C10H14.C2H6/c11-10-7-3-5-8-4-1-2-6-9(8)10;1-3-9-5-7-10(4-2)8-6-9;1-2/h1-7,11H;5-8H,3-4H2,1-2H3;1-2H3. The summed E-state index contributed by atoms with van der Waals surface area (Å²) in [5, 5.41) is 11.4. The SMILES string of the molecule is CC.CCc1ccc(CC)cc1.Oc1cccc2ccccc12. The maximum Gasteiger partial charge on any atom is 0.123 e. The van der Waals surface area contributed by atoms with Gasteiger partial charge in [-0.15, -0.1) is 0 Å². The van der Waals surface area contributed by atoms with Crippen LogP contribution in [0.2, 0.25) is 0 Å². The number of hydrogen-bond donors (Lipinski definition) is 1. The molecule has 3 aromatic rings. The number of phenolic OH excluding ortho intramolecular Hbond substituents is 1. The van der Waals surface area contributed by atoms with Gasteiger partial charge in [0, 0.05) is 5.39 Å². The molecule has 0 heterocycles. The van der Waals surface area contributed by atoms with Crippen molar-refractivity contribution >= 4 is 10.8 Å². The van der Waals surface area contributed by atoms with Crippen LogP contribution in [-0.4, -0.2) is 5.11 Å². The summed E-state index contributed by atoms with van der Waals surface area (Å²) < 4.78 is 0. The molecule has 0 spiro atoms. The molecule has 0 atom stereocenters. The van der Waals surface area contributed by atoms with Crippen LogP contribution >= 0.6 is 0 Å². The number of benzene rings is 3. The molecular weight excluding hydrogens is 280 g/mol. The molecule has 1 N–H and O–H groups in total. The second-order valence-corrected chi connectivity index (χ2v) is 5.02. The fraction of sp³-hybridized carbons (Fsp3) is 0.273. The molecule has 0 radical (unpaired) electrons. The van der Waals surface area contributed by atoms with E-state index in [-0.39, 0.29) is 0 Å². The zero-order valence-electron chi connectivity index (χ0n) is 14.7. The first-order chi connectivity index (χ1) is 11.2. The van der Waals surface area contributed by atoms with Crippen LogP contribution in [0.15, 0.2) is 66.7 Å². The van der Waals surface area contributed by atoms with E-state index in [9.17, 15) is 5.11 Å². The van der Waals surface area contributed by atoms with Crippen LogP contribution in [0.5, 0.6) is 5.75 Å². The number of fused-ring (bicyclic) bond motifs is 1. The van der Waals surface area contributed by atoms with Crippen LogP contribution < -0.4 is 0 Å². The largest absolute Gasteiger partial charge is 0.507 e. The maximum absolute atomic E-state index is 9.37. The number of phenols is 1. The molecule has 0 bridgehead atoms. The van der Waals surface area contributed by atoms with Crippen molar-refractivity contribution < 1.29 is 5.11 Å². The van der Waals surface area contributed by atoms with Crippen LogP contribution in [0.3, 0.4) is 0 Å². The van der Waals surface area contributed by atoms with Crippen molar-refractivity contribution in [2.75, 3.05) is 0 Å². The quantitative estimate of drug-likeness (QED) is 0.582. The van der Waals surface area contributed by atoms with Gasteiger partial charge >= 0.3 is 0 Å². The second-order valence-electron chi connectivity index (χ2n) is 5.02. The van der Waals surface area contributed by atoms with E-state index in [2.05, 4.69) is 38.1 Å². The lowest BCUT2D eigenvalue weighted by Gasteiger charge is -1.97. The predicted molar refractivity (Wildman–Crippen MR) is 102 cm³/mol. The number of aromatic hydroxyl groups is 1. The Bertz CT molecular complexity index is 655. The van der Waals surface area contributed by atoms with Gasteiger partial charge in [0.15, 0.2) is 0 Å². The summed E-state index contributed by atoms with van der Waals surface area (Å²) in [6.45, 7) is 8.36. The summed E-state index contributed by atoms with van der Waals surface area (Å²) in [7, 11) is 0. The molecule has 0 aromatic heterocycles. The van der Waals surface area contributed by atoms with Gasteiger partial charge in [0.25, 0.3) is 0 Å². The first-order valence-electron chi connectivity index (χ1n) is 8.49. The smallest absolute Gasteiger partial charge is 0.123 e. The lowest BCUT2D eigenvalue weighted by atomic mass is 10.1. The zero-order chi connectivity index (χ0) is 17.1. The molecule has 0 aliphatic rings. The van der Waals surface area contributed by atoms with E-state index in [1.807, 2.05) is 50.2 Å². The monoisotopic (exact) mass is 308 g/mol. The van der Waals surface area contributed by atoms with Crippen LogP contribution in [0, 0.1) is 0 Å². The van der Waals surface area contributed by atoms with Crippen LogP contribution in [0.1, 0.15) is 38.8 Å². The summed E-state index contributed by atoms with van der Waals surface area (Å²) in [5.41, 5.74) is 2.86. The minimum atomic E-state index is 0.350. The Morgan fingerprint density at radius 1 is 0.652 bits per heavy atom. The molecule has 1 heteroatoms. The first-order valence-corrected chi connectivity index (χ1v) is 8.49. The first kappa shape index (κ1) is 18.8. The van der Waals surface area contributed by atoms with E-state index in [1.165, 1.54) is 11.1 Å². The van der Waals surface area contributed by atoms with E-state index in [4.69, 9.17) is 0 Å². The van der Waals surface area contributed by atoms with E-state index < -0.39 is 0 Å².